The summed E-state index contributed by atoms with van der Waals surface area (Å²) >= 11 is 0. The van der Waals surface area contributed by atoms with Crippen LogP contribution in [0, 0.1) is 18.6 Å². The molecular weight excluding hydrogens is 478 g/mol. The largest absolute Gasteiger partial charge is 0.375 e. The van der Waals surface area contributed by atoms with Crippen molar-refractivity contribution in [1.82, 2.24) is 4.98 Å². The van der Waals surface area contributed by atoms with E-state index >= 15 is 8.78 Å². The van der Waals surface area contributed by atoms with Crippen molar-refractivity contribution >= 4 is 34.8 Å². The maximum absolute atomic E-state index is 15.1. The van der Waals surface area contributed by atoms with Crippen molar-refractivity contribution in [2.75, 3.05) is 24.4 Å². The minimum atomic E-state index is -3.51. The highest BCUT2D eigenvalue weighted by Gasteiger charge is 2.36. The van der Waals surface area contributed by atoms with Crippen LogP contribution < -0.4 is 10.6 Å². The number of rotatable bonds is 7. The first-order valence-electron chi connectivity index (χ1n) is 10.7. The minimum absolute atomic E-state index is 0.0633. The third kappa shape index (κ3) is 4.55. The summed E-state index contributed by atoms with van der Waals surface area (Å²) in [5, 5.41) is 4.89. The molecule has 0 atom stereocenters. The summed E-state index contributed by atoms with van der Waals surface area (Å²) in [6.45, 7) is 4.51. The molecule has 0 saturated heterocycles. The minimum Gasteiger partial charge on any atom is -0.375 e. The molecule has 1 aliphatic rings. The number of anilines is 2. The summed E-state index contributed by atoms with van der Waals surface area (Å²) in [5.74, 6) is -6.10. The topological polar surface area (TPSA) is 83.2 Å². The summed E-state index contributed by atoms with van der Waals surface area (Å²) in [6, 6.07) is 7.32. The number of aromatic amines is 1. The lowest BCUT2D eigenvalue weighted by Gasteiger charge is -2.15. The maximum Gasteiger partial charge on any atom is 0.294 e. The SMILES string of the molecule is C=CC(F)(F)c1c(/C=C2\C(=O)Nc3cc(NC(=O)COC)c(F)cc32)[nH]c(C)c1-c1ccc(F)cc1. The average Bonchev–Trinajstić information content (AvgIpc) is 3.31. The number of carbonyl (C=O) groups excluding carboxylic acids is 2. The molecule has 186 valence electrons. The highest BCUT2D eigenvalue weighted by Crippen LogP contribution is 2.44. The van der Waals surface area contributed by atoms with Crippen molar-refractivity contribution in [3.63, 3.8) is 0 Å². The number of aromatic nitrogens is 1. The van der Waals surface area contributed by atoms with Gasteiger partial charge in [-0.1, -0.05) is 18.7 Å². The van der Waals surface area contributed by atoms with Gasteiger partial charge in [-0.25, -0.2) is 8.78 Å². The Labute approximate surface area is 203 Å². The number of benzene rings is 2. The number of carbonyl (C=O) groups is 2. The van der Waals surface area contributed by atoms with Gasteiger partial charge in [0, 0.05) is 29.6 Å². The van der Waals surface area contributed by atoms with E-state index in [1.807, 2.05) is 0 Å². The number of alkyl halides is 2. The Balaban J connectivity index is 1.85. The smallest absolute Gasteiger partial charge is 0.294 e. The predicted octanol–water partition coefficient (Wildman–Crippen LogP) is 5.62. The van der Waals surface area contributed by atoms with Crippen LogP contribution in [-0.2, 0) is 20.2 Å². The molecule has 1 aliphatic heterocycles. The van der Waals surface area contributed by atoms with Crippen molar-refractivity contribution in [3.05, 3.63) is 83.2 Å². The van der Waals surface area contributed by atoms with E-state index in [4.69, 9.17) is 4.74 Å². The van der Waals surface area contributed by atoms with E-state index in [0.29, 0.717) is 17.3 Å². The van der Waals surface area contributed by atoms with Crippen LogP contribution in [0.3, 0.4) is 0 Å². The zero-order valence-electron chi connectivity index (χ0n) is 19.3. The number of amides is 2. The van der Waals surface area contributed by atoms with Crippen LogP contribution in [0.25, 0.3) is 22.8 Å². The zero-order valence-corrected chi connectivity index (χ0v) is 19.3. The van der Waals surface area contributed by atoms with Gasteiger partial charge in [0.15, 0.2) is 0 Å². The third-order valence-corrected chi connectivity index (χ3v) is 5.67. The fourth-order valence-electron chi connectivity index (χ4n) is 4.10. The summed E-state index contributed by atoms with van der Waals surface area (Å²) < 4.78 is 63.1. The number of allylic oxidation sites excluding steroid dienone is 1. The van der Waals surface area contributed by atoms with Gasteiger partial charge in [0.1, 0.15) is 18.2 Å². The number of hydrogen-bond acceptors (Lipinski definition) is 3. The Morgan fingerprint density at radius 3 is 2.53 bits per heavy atom. The second-order valence-corrected chi connectivity index (χ2v) is 8.12. The lowest BCUT2D eigenvalue weighted by atomic mass is 9.94. The van der Waals surface area contributed by atoms with Gasteiger partial charge < -0.3 is 20.4 Å². The lowest BCUT2D eigenvalue weighted by molar-refractivity contribution is -0.119. The molecular formula is C26H21F4N3O3. The van der Waals surface area contributed by atoms with Crippen molar-refractivity contribution in [3.8, 4) is 11.1 Å². The number of fused-ring (bicyclic) bond motifs is 1. The van der Waals surface area contributed by atoms with Gasteiger partial charge >= 0.3 is 0 Å². The molecule has 0 saturated carbocycles. The molecule has 36 heavy (non-hydrogen) atoms. The van der Waals surface area contributed by atoms with E-state index in [2.05, 4.69) is 22.2 Å². The molecule has 2 amide bonds. The number of hydrogen-bond donors (Lipinski definition) is 3. The molecule has 0 spiro atoms. The van der Waals surface area contributed by atoms with Gasteiger partial charge in [-0.15, -0.1) is 0 Å². The van der Waals surface area contributed by atoms with Crippen molar-refractivity contribution in [1.29, 1.82) is 0 Å². The van der Waals surface area contributed by atoms with Gasteiger partial charge in [-0.2, -0.15) is 8.78 Å². The second kappa shape index (κ2) is 9.46. The van der Waals surface area contributed by atoms with E-state index in [0.717, 1.165) is 18.2 Å². The van der Waals surface area contributed by atoms with Gasteiger partial charge in [-0.3, -0.25) is 9.59 Å². The number of aryl methyl sites for hydroxylation is 1. The first kappa shape index (κ1) is 24.9. The molecule has 10 heteroatoms. The van der Waals surface area contributed by atoms with E-state index in [9.17, 15) is 18.4 Å². The highest BCUT2D eigenvalue weighted by atomic mass is 19.3. The van der Waals surface area contributed by atoms with Gasteiger partial charge in [-0.05, 0) is 48.9 Å². The third-order valence-electron chi connectivity index (χ3n) is 5.67. The van der Waals surface area contributed by atoms with Crippen LogP contribution in [0.4, 0.5) is 28.9 Å². The molecule has 4 rings (SSSR count). The molecule has 6 nitrogen and oxygen atoms in total. The summed E-state index contributed by atoms with van der Waals surface area (Å²) in [5.41, 5.74) is 0.359. The van der Waals surface area contributed by atoms with E-state index in [1.54, 1.807) is 6.92 Å². The van der Waals surface area contributed by atoms with E-state index in [-0.39, 0.29) is 40.4 Å². The van der Waals surface area contributed by atoms with Crippen LogP contribution in [0.5, 0.6) is 0 Å². The molecule has 2 heterocycles. The van der Waals surface area contributed by atoms with Crippen LogP contribution in [0.2, 0.25) is 0 Å². The molecule has 0 aliphatic carbocycles. The van der Waals surface area contributed by atoms with Crippen LogP contribution >= 0.6 is 0 Å². The molecule has 0 radical (unpaired) electrons. The zero-order chi connectivity index (χ0) is 26.2. The summed E-state index contributed by atoms with van der Waals surface area (Å²) in [6.07, 6.45) is 1.68. The molecule has 0 fully saturated rings. The van der Waals surface area contributed by atoms with Crippen molar-refractivity contribution < 1.29 is 31.9 Å². The average molecular weight is 499 g/mol. The Morgan fingerprint density at radius 1 is 1.19 bits per heavy atom. The first-order chi connectivity index (χ1) is 17.1. The summed E-state index contributed by atoms with van der Waals surface area (Å²) in [4.78, 5) is 27.4. The van der Waals surface area contributed by atoms with Gasteiger partial charge in [0.2, 0.25) is 5.91 Å². The van der Waals surface area contributed by atoms with Crippen LogP contribution in [0.15, 0.2) is 49.1 Å². The standard InChI is InChI=1S/C26H21F4N3O3/c1-4-26(29,30)24-21(31-13(2)23(24)14-5-7-15(27)8-6-14)10-17-16-9-18(28)20(32-22(34)12-36-3)11-19(16)33-25(17)35/h4-11,31H,1,12H2,2-3H3,(H,32,34)(H,33,35)/b17-10-. The Morgan fingerprint density at radius 2 is 1.89 bits per heavy atom. The van der Waals surface area contributed by atoms with Crippen LogP contribution in [-0.4, -0.2) is 30.5 Å². The predicted molar refractivity (Wildman–Crippen MR) is 128 cm³/mol. The van der Waals surface area contributed by atoms with Gasteiger partial charge in [0.05, 0.1) is 22.5 Å². The number of nitrogens with one attached hydrogen (secondary N) is 3. The maximum atomic E-state index is 15.1. The molecule has 3 aromatic rings. The Kier molecular flexibility index (Phi) is 6.55. The second-order valence-electron chi connectivity index (χ2n) is 8.12. The molecule has 3 N–H and O–H groups in total. The number of methoxy groups -OCH3 is 1. The lowest BCUT2D eigenvalue weighted by Crippen LogP contribution is -2.18. The first-order valence-corrected chi connectivity index (χ1v) is 10.7. The van der Waals surface area contributed by atoms with Gasteiger partial charge in [0.25, 0.3) is 11.8 Å². The number of halogens is 4. The quantitative estimate of drug-likeness (QED) is 0.224. The monoisotopic (exact) mass is 499 g/mol. The van der Waals surface area contributed by atoms with Crippen molar-refractivity contribution in [2.45, 2.75) is 12.8 Å². The van der Waals surface area contributed by atoms with E-state index < -0.39 is 34.9 Å². The molecule has 0 unspecified atom stereocenters. The molecule has 1 aromatic heterocycles. The fraction of sp³-hybridized carbons (Fsp3) is 0.154. The number of H-pyrrole nitrogens is 1. The number of ether oxygens (including phenoxy) is 1. The Hall–Kier alpha value is -4.18. The molecule has 0 bridgehead atoms. The van der Waals surface area contributed by atoms with Crippen molar-refractivity contribution in [2.24, 2.45) is 0 Å². The Bertz CT molecular complexity index is 1410. The van der Waals surface area contributed by atoms with E-state index in [1.165, 1.54) is 31.4 Å². The normalized spacial score (nSPS) is 14.1. The van der Waals surface area contributed by atoms with Crippen LogP contribution in [0.1, 0.15) is 22.5 Å². The fourth-order valence-corrected chi connectivity index (χ4v) is 4.10. The highest BCUT2D eigenvalue weighted by molar-refractivity contribution is 6.35. The molecule has 2 aromatic carbocycles. The summed E-state index contributed by atoms with van der Waals surface area (Å²) in [7, 11) is 1.31.